The molecule has 2 N–H and O–H groups in total. The Morgan fingerprint density at radius 1 is 1.06 bits per heavy atom. The molecule has 1 aromatic heterocycles. The van der Waals surface area contributed by atoms with Gasteiger partial charge < -0.3 is 10.6 Å². The summed E-state index contributed by atoms with van der Waals surface area (Å²) in [5, 5.41) is 7.85. The van der Waals surface area contributed by atoms with Crippen LogP contribution in [-0.2, 0) is 11.3 Å². The molecule has 1 aliphatic carbocycles. The van der Waals surface area contributed by atoms with Gasteiger partial charge in [0.05, 0.1) is 24.3 Å². The van der Waals surface area contributed by atoms with Crippen molar-refractivity contribution in [1.82, 2.24) is 14.7 Å². The van der Waals surface area contributed by atoms with Crippen molar-refractivity contribution in [1.29, 1.82) is 0 Å². The first kappa shape index (κ1) is 18.8. The lowest BCUT2D eigenvalue weighted by Crippen LogP contribution is -2.30. The van der Waals surface area contributed by atoms with E-state index >= 15 is 0 Å². The molecule has 2 amide bonds. The van der Waals surface area contributed by atoms with Crippen molar-refractivity contribution < 1.29 is 9.59 Å². The first-order valence-electron chi connectivity index (χ1n) is 10.8. The number of rotatable bonds is 5. The Balaban J connectivity index is 1.39. The average Bonchev–Trinajstić information content (AvgIpc) is 3.47. The lowest BCUT2D eigenvalue weighted by Gasteiger charge is -2.15. The molecule has 0 unspecified atom stereocenters. The van der Waals surface area contributed by atoms with Crippen LogP contribution in [0.3, 0.4) is 0 Å². The SMILES string of the molecule is C=C(CN1Cc2c(ccc3ccc(-c4ccc5c(cnn5C5CC5)c4)cc23)C1=O)C(N)=O. The molecule has 0 saturated heterocycles. The van der Waals surface area contributed by atoms with Gasteiger partial charge in [-0.1, -0.05) is 30.8 Å². The van der Waals surface area contributed by atoms with Gasteiger partial charge >= 0.3 is 0 Å². The Morgan fingerprint density at radius 3 is 2.59 bits per heavy atom. The number of amides is 2. The number of primary amides is 1. The summed E-state index contributed by atoms with van der Waals surface area (Å²) in [7, 11) is 0. The molecule has 6 heteroatoms. The first-order valence-corrected chi connectivity index (χ1v) is 10.8. The normalized spacial score (nSPS) is 15.5. The molecule has 1 saturated carbocycles. The van der Waals surface area contributed by atoms with Gasteiger partial charge in [-0.25, -0.2) is 0 Å². The number of aromatic nitrogens is 2. The van der Waals surface area contributed by atoms with Gasteiger partial charge in [0.1, 0.15) is 0 Å². The third-order valence-electron chi connectivity index (χ3n) is 6.55. The molecule has 0 spiro atoms. The molecule has 32 heavy (non-hydrogen) atoms. The second-order valence-electron chi connectivity index (χ2n) is 8.75. The summed E-state index contributed by atoms with van der Waals surface area (Å²) in [6.45, 7) is 4.28. The van der Waals surface area contributed by atoms with Crippen LogP contribution in [0.15, 0.2) is 66.9 Å². The number of hydrogen-bond acceptors (Lipinski definition) is 3. The van der Waals surface area contributed by atoms with Gasteiger partial charge in [-0.15, -0.1) is 0 Å². The predicted molar refractivity (Wildman–Crippen MR) is 124 cm³/mol. The molecule has 3 aromatic carbocycles. The summed E-state index contributed by atoms with van der Waals surface area (Å²) in [6.07, 6.45) is 4.35. The third-order valence-corrected chi connectivity index (χ3v) is 6.55. The third kappa shape index (κ3) is 2.91. The fourth-order valence-electron chi connectivity index (χ4n) is 4.64. The fraction of sp³-hybridized carbons (Fsp3) is 0.192. The Morgan fingerprint density at radius 2 is 1.81 bits per heavy atom. The van der Waals surface area contributed by atoms with Gasteiger partial charge in [0.2, 0.25) is 5.91 Å². The summed E-state index contributed by atoms with van der Waals surface area (Å²) in [6, 6.07) is 17.2. The smallest absolute Gasteiger partial charge is 0.254 e. The van der Waals surface area contributed by atoms with E-state index < -0.39 is 5.91 Å². The number of carbonyl (C=O) groups is 2. The van der Waals surface area contributed by atoms with E-state index in [9.17, 15) is 9.59 Å². The van der Waals surface area contributed by atoms with Crippen LogP contribution in [0, 0.1) is 0 Å². The average molecular weight is 422 g/mol. The zero-order valence-corrected chi connectivity index (χ0v) is 17.5. The molecule has 2 aliphatic rings. The highest BCUT2D eigenvalue weighted by molar-refractivity contribution is 6.06. The van der Waals surface area contributed by atoms with E-state index in [0.717, 1.165) is 32.8 Å². The summed E-state index contributed by atoms with van der Waals surface area (Å²) in [5.74, 6) is -0.676. The standard InChI is InChI=1S/C26H22N4O2/c1-15(25(27)31)13-29-14-23-21(26(29)32)8-4-16-2-3-18(11-22(16)23)17-5-9-24-19(10-17)12-28-30(24)20-6-7-20/h2-5,8-12,20H,1,6-7,13-14H2,(H2,27,31). The van der Waals surface area contributed by atoms with Gasteiger partial charge in [0, 0.05) is 23.1 Å². The summed E-state index contributed by atoms with van der Waals surface area (Å²) < 4.78 is 2.13. The van der Waals surface area contributed by atoms with E-state index in [1.165, 1.54) is 18.4 Å². The number of fused-ring (bicyclic) bond motifs is 4. The second-order valence-corrected chi connectivity index (χ2v) is 8.75. The van der Waals surface area contributed by atoms with Gasteiger partial charge in [-0.2, -0.15) is 5.10 Å². The van der Waals surface area contributed by atoms with Crippen LogP contribution in [0.25, 0.3) is 32.8 Å². The van der Waals surface area contributed by atoms with Crippen LogP contribution in [0.2, 0.25) is 0 Å². The minimum Gasteiger partial charge on any atom is -0.366 e. The molecule has 6 rings (SSSR count). The van der Waals surface area contributed by atoms with Crippen molar-refractivity contribution in [2.75, 3.05) is 6.54 Å². The molecule has 6 nitrogen and oxygen atoms in total. The van der Waals surface area contributed by atoms with Crippen molar-refractivity contribution in [3.05, 3.63) is 78.0 Å². The largest absolute Gasteiger partial charge is 0.366 e. The second kappa shape index (κ2) is 6.79. The molecule has 0 radical (unpaired) electrons. The highest BCUT2D eigenvalue weighted by Gasteiger charge is 2.30. The molecule has 0 atom stereocenters. The maximum Gasteiger partial charge on any atom is 0.254 e. The highest BCUT2D eigenvalue weighted by Crippen LogP contribution is 2.38. The fourth-order valence-corrected chi connectivity index (χ4v) is 4.64. The molecular formula is C26H22N4O2. The number of hydrogen-bond donors (Lipinski definition) is 1. The molecule has 2 heterocycles. The minimum atomic E-state index is -0.582. The Hall–Kier alpha value is -3.93. The summed E-state index contributed by atoms with van der Waals surface area (Å²) in [5.41, 5.74) is 10.6. The minimum absolute atomic E-state index is 0.0939. The van der Waals surface area contributed by atoms with Crippen LogP contribution in [0.4, 0.5) is 0 Å². The van der Waals surface area contributed by atoms with Gasteiger partial charge in [0.25, 0.3) is 5.91 Å². The van der Waals surface area contributed by atoms with Gasteiger partial charge in [-0.05, 0) is 64.6 Å². The zero-order chi connectivity index (χ0) is 22.0. The molecule has 0 bridgehead atoms. The monoisotopic (exact) mass is 422 g/mol. The first-order chi connectivity index (χ1) is 15.5. The molecule has 1 fully saturated rings. The number of benzene rings is 3. The van der Waals surface area contributed by atoms with Crippen molar-refractivity contribution in [2.24, 2.45) is 5.73 Å². The van der Waals surface area contributed by atoms with Crippen LogP contribution in [-0.4, -0.2) is 33.0 Å². The quantitative estimate of drug-likeness (QED) is 0.490. The van der Waals surface area contributed by atoms with Crippen molar-refractivity contribution in [3.8, 4) is 11.1 Å². The summed E-state index contributed by atoms with van der Waals surface area (Å²) in [4.78, 5) is 25.9. The predicted octanol–water partition coefficient (Wildman–Crippen LogP) is 4.19. The van der Waals surface area contributed by atoms with E-state index in [1.54, 1.807) is 4.90 Å². The topological polar surface area (TPSA) is 81.2 Å². The van der Waals surface area contributed by atoms with E-state index in [4.69, 9.17) is 5.73 Å². The van der Waals surface area contributed by atoms with E-state index in [0.29, 0.717) is 18.2 Å². The lowest BCUT2D eigenvalue weighted by molar-refractivity contribution is -0.114. The maximum absolute atomic E-state index is 12.9. The lowest BCUT2D eigenvalue weighted by atomic mass is 9.96. The maximum atomic E-state index is 12.9. The van der Waals surface area contributed by atoms with Crippen LogP contribution in [0.5, 0.6) is 0 Å². The Kier molecular flexibility index (Phi) is 3.99. The molecule has 1 aliphatic heterocycles. The van der Waals surface area contributed by atoms with Crippen LogP contribution >= 0.6 is 0 Å². The van der Waals surface area contributed by atoms with Crippen molar-refractivity contribution in [2.45, 2.75) is 25.4 Å². The number of nitrogens with zero attached hydrogens (tertiary/aromatic N) is 3. The molecular weight excluding hydrogens is 400 g/mol. The Bertz CT molecular complexity index is 1460. The van der Waals surface area contributed by atoms with Crippen molar-refractivity contribution >= 4 is 33.5 Å². The van der Waals surface area contributed by atoms with E-state index in [-0.39, 0.29) is 18.0 Å². The zero-order valence-electron chi connectivity index (χ0n) is 17.5. The van der Waals surface area contributed by atoms with Crippen molar-refractivity contribution in [3.63, 3.8) is 0 Å². The van der Waals surface area contributed by atoms with Gasteiger partial charge in [-0.3, -0.25) is 14.3 Å². The number of carbonyl (C=O) groups excluding carboxylic acids is 2. The Labute approximate surface area is 184 Å². The summed E-state index contributed by atoms with van der Waals surface area (Å²) >= 11 is 0. The van der Waals surface area contributed by atoms with Gasteiger partial charge in [0.15, 0.2) is 0 Å². The number of nitrogens with two attached hydrogens (primary N) is 1. The van der Waals surface area contributed by atoms with Crippen LogP contribution < -0.4 is 5.73 Å². The molecule has 158 valence electrons. The highest BCUT2D eigenvalue weighted by atomic mass is 16.2. The van der Waals surface area contributed by atoms with E-state index in [1.807, 2.05) is 18.3 Å². The van der Waals surface area contributed by atoms with Crippen LogP contribution in [0.1, 0.15) is 34.8 Å². The molecule has 4 aromatic rings. The van der Waals surface area contributed by atoms with E-state index in [2.05, 4.69) is 52.8 Å².